The highest BCUT2D eigenvalue weighted by molar-refractivity contribution is 6.24. The van der Waals surface area contributed by atoms with Gasteiger partial charge in [-0.15, -0.1) is 0 Å². The molecule has 0 fully saturated rings. The predicted molar refractivity (Wildman–Crippen MR) is 130 cm³/mol. The van der Waals surface area contributed by atoms with Gasteiger partial charge in [-0.3, -0.25) is 9.98 Å². The molecule has 0 aliphatic carbocycles. The molecule has 0 bridgehead atoms. The molecule has 0 aromatic heterocycles. The van der Waals surface area contributed by atoms with Gasteiger partial charge in [0.2, 0.25) is 0 Å². The van der Waals surface area contributed by atoms with Crippen LogP contribution in [0.1, 0.15) is 85.1 Å². The monoisotopic (exact) mass is 472 g/mol. The molecule has 0 heterocycles. The summed E-state index contributed by atoms with van der Waals surface area (Å²) in [5, 5.41) is 0. The van der Waals surface area contributed by atoms with Gasteiger partial charge in [0, 0.05) is 35.7 Å². The zero-order valence-electron chi connectivity index (χ0n) is 20.6. The zero-order chi connectivity index (χ0) is 25.4. The van der Waals surface area contributed by atoms with Gasteiger partial charge in [-0.1, -0.05) is 45.8 Å². The molecule has 0 radical (unpaired) electrons. The highest BCUT2D eigenvalue weighted by Crippen LogP contribution is 2.24. The van der Waals surface area contributed by atoms with E-state index in [4.69, 9.17) is 0 Å². The van der Waals surface area contributed by atoms with Gasteiger partial charge in [0.25, 0.3) is 0 Å². The molecule has 0 unspecified atom stereocenters. The lowest BCUT2D eigenvalue weighted by Gasteiger charge is -2.12. The number of halogens is 5. The maximum Gasteiger partial charge on any atom is 0.389 e. The Balaban J connectivity index is 0.00000126. The van der Waals surface area contributed by atoms with Gasteiger partial charge >= 0.3 is 6.18 Å². The lowest BCUT2D eigenvalue weighted by atomic mass is 10.0. The normalized spacial score (nSPS) is 13.4. The molecule has 0 N–H and O–H groups in total. The third kappa shape index (κ3) is 13.1. The lowest BCUT2D eigenvalue weighted by Crippen LogP contribution is -2.10. The van der Waals surface area contributed by atoms with E-state index in [1.54, 1.807) is 6.92 Å². The number of benzene rings is 1. The van der Waals surface area contributed by atoms with Gasteiger partial charge in [0.1, 0.15) is 0 Å². The summed E-state index contributed by atoms with van der Waals surface area (Å²) in [5.74, 6) is -1.72. The molecule has 0 amide bonds. The van der Waals surface area contributed by atoms with Gasteiger partial charge in [-0.2, -0.15) is 13.2 Å². The van der Waals surface area contributed by atoms with E-state index in [0.29, 0.717) is 11.3 Å². The summed E-state index contributed by atoms with van der Waals surface area (Å²) >= 11 is 0. The fraction of sp³-hybridized carbons (Fsp3) is 0.538. The van der Waals surface area contributed by atoms with Crippen molar-refractivity contribution in [3.05, 3.63) is 53.3 Å². The van der Waals surface area contributed by atoms with Crippen LogP contribution in [0.4, 0.5) is 27.6 Å². The number of alkyl halides is 3. The highest BCUT2D eigenvalue weighted by atomic mass is 19.4. The lowest BCUT2D eigenvalue weighted by molar-refractivity contribution is -0.134. The van der Waals surface area contributed by atoms with E-state index in [0.717, 1.165) is 55.2 Å². The number of hydrogen-bond donors (Lipinski definition) is 0. The van der Waals surface area contributed by atoms with Gasteiger partial charge < -0.3 is 0 Å². The van der Waals surface area contributed by atoms with Crippen molar-refractivity contribution in [2.75, 3.05) is 0 Å². The van der Waals surface area contributed by atoms with Gasteiger partial charge in [-0.05, 0) is 58.1 Å². The van der Waals surface area contributed by atoms with Crippen LogP contribution in [0.25, 0.3) is 0 Å². The van der Waals surface area contributed by atoms with Crippen LogP contribution in [0.2, 0.25) is 0 Å². The standard InChI is InChI=1S/C22H30F2N2.C4H7F3/c1-6-9-11-13-25-17(5)18(8-3)21(12-10-7-2)26-22-15-20(24)19(23)14-16(22)4;1-2-3-4(5,6)7/h8,11,13-15H,6-7,9-10,12H2,1-5H3;2-3H2,1H3/b13-11+,18-8+,25-17+,26-21?;. The summed E-state index contributed by atoms with van der Waals surface area (Å²) in [6.45, 7) is 11.4. The molecular weight excluding hydrogens is 435 g/mol. The van der Waals surface area contributed by atoms with Crippen molar-refractivity contribution in [1.82, 2.24) is 0 Å². The number of aliphatic imine (C=N–C) groups is 2. The quantitative estimate of drug-likeness (QED) is 0.239. The first-order valence-electron chi connectivity index (χ1n) is 11.5. The Labute approximate surface area is 195 Å². The minimum absolute atomic E-state index is 0.184. The fourth-order valence-corrected chi connectivity index (χ4v) is 2.84. The summed E-state index contributed by atoms with van der Waals surface area (Å²) in [7, 11) is 0. The number of nitrogens with zero attached hydrogens (tertiary/aromatic N) is 2. The largest absolute Gasteiger partial charge is 0.389 e. The van der Waals surface area contributed by atoms with Crippen molar-refractivity contribution in [3.63, 3.8) is 0 Å². The van der Waals surface area contributed by atoms with Gasteiger partial charge in [0.05, 0.1) is 5.69 Å². The second-order valence-electron chi connectivity index (χ2n) is 7.67. The number of rotatable bonds is 10. The summed E-state index contributed by atoms with van der Waals surface area (Å²) in [6.07, 6.45) is 6.26. The zero-order valence-corrected chi connectivity index (χ0v) is 20.6. The van der Waals surface area contributed by atoms with Crippen LogP contribution in [0.5, 0.6) is 0 Å². The summed E-state index contributed by atoms with van der Waals surface area (Å²) in [4.78, 5) is 9.18. The Morgan fingerprint density at radius 3 is 2.12 bits per heavy atom. The van der Waals surface area contributed by atoms with Crippen molar-refractivity contribution in [3.8, 4) is 0 Å². The molecule has 7 heteroatoms. The van der Waals surface area contributed by atoms with Crippen molar-refractivity contribution >= 4 is 17.1 Å². The maximum atomic E-state index is 13.7. The molecule has 1 rings (SSSR count). The van der Waals surface area contributed by atoms with Crippen molar-refractivity contribution in [2.45, 2.75) is 92.7 Å². The topological polar surface area (TPSA) is 24.7 Å². The number of aryl methyl sites for hydroxylation is 1. The Morgan fingerprint density at radius 1 is 1.00 bits per heavy atom. The van der Waals surface area contributed by atoms with E-state index in [2.05, 4.69) is 23.8 Å². The minimum Gasteiger partial charge on any atom is -0.261 e. The Bertz CT molecular complexity index is 834. The molecule has 1 aromatic rings. The van der Waals surface area contributed by atoms with Gasteiger partial charge in [-0.25, -0.2) is 8.78 Å². The number of allylic oxidation sites excluding steroid dienone is 3. The second kappa shape index (κ2) is 16.3. The third-order valence-corrected chi connectivity index (χ3v) is 4.61. The SMILES string of the molecule is CCCC(F)(F)F.C\C=C(C(CCCC)=Nc1cc(F)c(F)cc1C)/C(C)=N/C=C/CCC. The molecule has 33 heavy (non-hydrogen) atoms. The molecule has 0 saturated heterocycles. The van der Waals surface area contributed by atoms with E-state index >= 15 is 0 Å². The average molecular weight is 473 g/mol. The first-order valence-corrected chi connectivity index (χ1v) is 11.5. The fourth-order valence-electron chi connectivity index (χ4n) is 2.84. The van der Waals surface area contributed by atoms with E-state index < -0.39 is 24.2 Å². The molecule has 186 valence electrons. The Hall–Kier alpha value is -2.31. The average Bonchev–Trinajstić information content (AvgIpc) is 2.73. The molecule has 0 aliphatic rings. The molecule has 0 atom stereocenters. The molecule has 0 saturated carbocycles. The van der Waals surface area contributed by atoms with Crippen molar-refractivity contribution in [1.29, 1.82) is 0 Å². The van der Waals surface area contributed by atoms with Crippen LogP contribution in [-0.4, -0.2) is 17.6 Å². The Morgan fingerprint density at radius 2 is 1.64 bits per heavy atom. The predicted octanol–water partition coefficient (Wildman–Crippen LogP) is 9.61. The third-order valence-electron chi connectivity index (χ3n) is 4.61. The Kier molecular flexibility index (Phi) is 15.2. The summed E-state index contributed by atoms with van der Waals surface area (Å²) in [6, 6.07) is 2.35. The second-order valence-corrected chi connectivity index (χ2v) is 7.67. The molecular formula is C26H37F5N2. The van der Waals surface area contributed by atoms with Gasteiger partial charge in [0.15, 0.2) is 11.6 Å². The van der Waals surface area contributed by atoms with Crippen LogP contribution in [0.3, 0.4) is 0 Å². The van der Waals surface area contributed by atoms with Crippen LogP contribution in [0, 0.1) is 18.6 Å². The molecule has 1 aromatic carbocycles. The smallest absolute Gasteiger partial charge is 0.261 e. The number of hydrogen-bond acceptors (Lipinski definition) is 2. The van der Waals surface area contributed by atoms with Crippen molar-refractivity contribution in [2.24, 2.45) is 9.98 Å². The van der Waals surface area contributed by atoms with Crippen LogP contribution >= 0.6 is 0 Å². The van der Waals surface area contributed by atoms with Crippen LogP contribution < -0.4 is 0 Å². The molecule has 2 nitrogen and oxygen atoms in total. The maximum absolute atomic E-state index is 13.7. The van der Waals surface area contributed by atoms with E-state index in [-0.39, 0.29) is 6.42 Å². The molecule has 0 spiro atoms. The summed E-state index contributed by atoms with van der Waals surface area (Å²) < 4.78 is 60.2. The molecule has 0 aliphatic heterocycles. The van der Waals surface area contributed by atoms with E-state index in [1.807, 2.05) is 32.2 Å². The van der Waals surface area contributed by atoms with E-state index in [1.165, 1.54) is 13.0 Å². The summed E-state index contributed by atoms with van der Waals surface area (Å²) in [5.41, 5.74) is 3.75. The first kappa shape index (κ1) is 30.7. The van der Waals surface area contributed by atoms with Crippen LogP contribution in [0.15, 0.2) is 46.0 Å². The van der Waals surface area contributed by atoms with Crippen LogP contribution in [-0.2, 0) is 0 Å². The first-order chi connectivity index (χ1) is 15.5. The highest BCUT2D eigenvalue weighted by Gasteiger charge is 2.24. The minimum atomic E-state index is -3.95. The van der Waals surface area contributed by atoms with E-state index in [9.17, 15) is 22.0 Å². The van der Waals surface area contributed by atoms with Crippen molar-refractivity contribution < 1.29 is 22.0 Å². The number of unbranched alkanes of at least 4 members (excludes halogenated alkanes) is 2.